The summed E-state index contributed by atoms with van der Waals surface area (Å²) in [5, 5.41) is 38.4. The van der Waals surface area contributed by atoms with Crippen molar-refractivity contribution in [3.05, 3.63) is 58.6 Å². The Bertz CT molecular complexity index is 1210. The fraction of sp³-hybridized carbons (Fsp3) is 0. The number of nitrogens with zero attached hydrogens (tertiary/aromatic N) is 3. The predicted octanol–water partition coefficient (Wildman–Crippen LogP) is 3.82. The van der Waals surface area contributed by atoms with Crippen LogP contribution < -0.4 is 0 Å². The van der Waals surface area contributed by atoms with Crippen LogP contribution in [-0.4, -0.2) is 28.1 Å². The topological polar surface area (TPSA) is 163 Å². The second-order valence-electron chi connectivity index (χ2n) is 5.39. The monoisotopic (exact) mass is 441 g/mol. The summed E-state index contributed by atoms with van der Waals surface area (Å²) in [4.78, 5) is 9.50. The van der Waals surface area contributed by atoms with Crippen LogP contribution in [0.3, 0.4) is 0 Å². The molecule has 0 saturated carbocycles. The van der Waals surface area contributed by atoms with Crippen LogP contribution in [0, 0.1) is 10.1 Å². The second kappa shape index (κ2) is 7.91. The Labute approximate surface area is 168 Å². The van der Waals surface area contributed by atoms with Gasteiger partial charge in [0.15, 0.2) is 5.75 Å². The first-order valence-corrected chi connectivity index (χ1v) is 8.74. The minimum absolute atomic E-state index is 0. The van der Waals surface area contributed by atoms with Crippen molar-refractivity contribution in [3.63, 3.8) is 0 Å². The summed E-state index contributed by atoms with van der Waals surface area (Å²) < 4.78 is 32.7. The predicted molar refractivity (Wildman–Crippen MR) is 94.4 cm³/mol. The van der Waals surface area contributed by atoms with Gasteiger partial charge in [-0.2, -0.15) is 8.42 Å². The molecule has 0 radical (unpaired) electrons. The molecule has 3 aromatic carbocycles. The number of nitro benzene ring substituents is 1. The van der Waals surface area contributed by atoms with Gasteiger partial charge in [-0.3, -0.25) is 14.7 Å². The van der Waals surface area contributed by atoms with E-state index in [9.17, 15) is 33.3 Å². The third kappa shape index (κ3) is 4.10. The number of hydrogen-bond donors (Lipinski definition) is 3. The van der Waals surface area contributed by atoms with Gasteiger partial charge in [-0.05, 0) is 12.1 Å². The molecule has 10 nitrogen and oxygen atoms in total. The third-order valence-electron chi connectivity index (χ3n) is 3.67. The van der Waals surface area contributed by atoms with Crippen LogP contribution in [0.4, 0.5) is 17.1 Å². The van der Waals surface area contributed by atoms with Crippen molar-refractivity contribution in [3.8, 4) is 11.5 Å². The van der Waals surface area contributed by atoms with Gasteiger partial charge in [0.1, 0.15) is 22.0 Å². The zero-order valence-electron chi connectivity index (χ0n) is 13.8. The maximum Gasteiger partial charge on any atom is 0.295 e. The standard InChI is InChI=1S/C16H11N3O7S.Cr/c20-14-7-9(19(22)23)5-6-12(14)17-18-13-8-15(27(24,25)26)10-3-1-2-4-11(10)16(13)21;/h1-8,20-21H,(H,24,25,26);. The average Bonchev–Trinajstić information content (AvgIpc) is 2.61. The van der Waals surface area contributed by atoms with Gasteiger partial charge in [0.25, 0.3) is 15.8 Å². The van der Waals surface area contributed by atoms with Crippen LogP contribution >= 0.6 is 0 Å². The van der Waals surface area contributed by atoms with Gasteiger partial charge in [-0.1, -0.05) is 24.3 Å². The maximum atomic E-state index is 11.6. The molecule has 0 aliphatic heterocycles. The van der Waals surface area contributed by atoms with E-state index in [0.29, 0.717) is 0 Å². The van der Waals surface area contributed by atoms with Crippen LogP contribution in [0.25, 0.3) is 10.8 Å². The van der Waals surface area contributed by atoms with Crippen molar-refractivity contribution in [1.29, 1.82) is 0 Å². The third-order valence-corrected chi connectivity index (χ3v) is 4.56. The molecular formula is C16H11CrN3O7S. The van der Waals surface area contributed by atoms with Crippen molar-refractivity contribution in [2.45, 2.75) is 4.90 Å². The average molecular weight is 441 g/mol. The zero-order chi connectivity index (χ0) is 19.8. The molecule has 0 atom stereocenters. The smallest absolute Gasteiger partial charge is 0.295 e. The van der Waals surface area contributed by atoms with Crippen molar-refractivity contribution >= 4 is 38.0 Å². The summed E-state index contributed by atoms with van der Waals surface area (Å²) in [6.07, 6.45) is 0. The molecule has 0 aliphatic rings. The molecule has 0 heterocycles. The van der Waals surface area contributed by atoms with E-state index < -0.39 is 25.7 Å². The quantitative estimate of drug-likeness (QED) is 0.240. The second-order valence-corrected chi connectivity index (χ2v) is 6.78. The summed E-state index contributed by atoms with van der Waals surface area (Å²) in [7, 11) is -4.61. The Balaban J connectivity index is 0.00000280. The molecule has 0 bridgehead atoms. The zero-order valence-corrected chi connectivity index (χ0v) is 15.8. The maximum absolute atomic E-state index is 11.6. The SMILES string of the molecule is O=[N+]([O-])c1ccc(N=Nc2cc(S(=O)(=O)O)c3ccccc3c2O)c(O)c1.[Cr]. The largest absolute Gasteiger partial charge is 0.505 e. The van der Waals surface area contributed by atoms with Gasteiger partial charge >= 0.3 is 0 Å². The van der Waals surface area contributed by atoms with Gasteiger partial charge < -0.3 is 10.2 Å². The molecule has 12 heteroatoms. The van der Waals surface area contributed by atoms with Crippen molar-refractivity contribution in [2.24, 2.45) is 10.2 Å². The van der Waals surface area contributed by atoms with Gasteiger partial charge in [0.2, 0.25) is 0 Å². The number of rotatable bonds is 4. The molecule has 28 heavy (non-hydrogen) atoms. The van der Waals surface area contributed by atoms with E-state index >= 15 is 0 Å². The van der Waals surface area contributed by atoms with Gasteiger partial charge in [-0.25, -0.2) is 0 Å². The van der Waals surface area contributed by atoms with Gasteiger partial charge in [0.05, 0.1) is 11.0 Å². The summed E-state index contributed by atoms with van der Waals surface area (Å²) in [5.74, 6) is -0.911. The van der Waals surface area contributed by atoms with Crippen LogP contribution in [0.2, 0.25) is 0 Å². The summed E-state index contributed by atoms with van der Waals surface area (Å²) >= 11 is 0. The molecule has 0 aliphatic carbocycles. The molecular weight excluding hydrogens is 430 g/mol. The number of phenols is 2. The summed E-state index contributed by atoms with van der Waals surface area (Å²) in [5.41, 5.74) is -0.769. The molecule has 3 aromatic rings. The Morgan fingerprint density at radius 2 is 1.54 bits per heavy atom. The minimum Gasteiger partial charge on any atom is -0.505 e. The number of azo groups is 1. The van der Waals surface area contributed by atoms with E-state index in [4.69, 9.17) is 0 Å². The summed E-state index contributed by atoms with van der Waals surface area (Å²) in [6, 6.07) is 9.96. The van der Waals surface area contributed by atoms with E-state index in [1.807, 2.05) is 0 Å². The first-order valence-electron chi connectivity index (χ1n) is 7.30. The van der Waals surface area contributed by atoms with Crippen LogP contribution in [0.15, 0.2) is 63.7 Å². The molecule has 144 valence electrons. The number of fused-ring (bicyclic) bond motifs is 1. The van der Waals surface area contributed by atoms with Gasteiger partial charge in [-0.15, -0.1) is 10.2 Å². The molecule has 0 unspecified atom stereocenters. The molecule has 0 aromatic heterocycles. The Kier molecular flexibility index (Phi) is 6.01. The van der Waals surface area contributed by atoms with Crippen molar-refractivity contribution in [1.82, 2.24) is 0 Å². The van der Waals surface area contributed by atoms with E-state index in [2.05, 4.69) is 10.2 Å². The molecule has 0 spiro atoms. The Morgan fingerprint density at radius 3 is 2.11 bits per heavy atom. The van der Waals surface area contributed by atoms with E-state index in [0.717, 1.165) is 24.3 Å². The number of non-ortho nitro benzene ring substituents is 1. The first kappa shape index (κ1) is 21.3. The van der Waals surface area contributed by atoms with Crippen molar-refractivity contribution < 1.29 is 45.5 Å². The number of phenolic OH excluding ortho intramolecular Hbond substituents is 2. The van der Waals surface area contributed by atoms with Gasteiger partial charge in [0, 0.05) is 34.2 Å². The Hall–Kier alpha value is -3.04. The van der Waals surface area contributed by atoms with Crippen molar-refractivity contribution in [2.75, 3.05) is 0 Å². The van der Waals surface area contributed by atoms with Crippen LogP contribution in [-0.2, 0) is 27.5 Å². The van der Waals surface area contributed by atoms with E-state index in [1.54, 1.807) is 6.07 Å². The van der Waals surface area contributed by atoms with Crippen LogP contribution in [0.1, 0.15) is 0 Å². The Morgan fingerprint density at radius 1 is 0.929 bits per heavy atom. The molecule has 3 rings (SSSR count). The normalized spacial score (nSPS) is 11.5. The molecule has 3 N–H and O–H groups in total. The molecule has 0 saturated heterocycles. The molecule has 0 fully saturated rings. The summed E-state index contributed by atoms with van der Waals surface area (Å²) in [6.45, 7) is 0. The number of aromatic hydroxyl groups is 2. The fourth-order valence-corrected chi connectivity index (χ4v) is 3.14. The van der Waals surface area contributed by atoms with E-state index in [1.165, 1.54) is 18.2 Å². The number of benzene rings is 3. The fourth-order valence-electron chi connectivity index (χ4n) is 2.42. The number of nitro groups is 1. The first-order chi connectivity index (χ1) is 12.7. The van der Waals surface area contributed by atoms with E-state index in [-0.39, 0.29) is 50.9 Å². The molecule has 0 amide bonds. The number of hydrogen-bond acceptors (Lipinski definition) is 8. The van der Waals surface area contributed by atoms with Crippen LogP contribution in [0.5, 0.6) is 11.5 Å². The minimum atomic E-state index is -4.61.